The Kier molecular flexibility index (Phi) is 13.5. The fourth-order valence-corrected chi connectivity index (χ4v) is 3.98. The van der Waals surface area contributed by atoms with Gasteiger partial charge in [-0.1, -0.05) is 55.4 Å². The molecule has 0 rings (SSSR count). The van der Waals surface area contributed by atoms with Gasteiger partial charge in [0.05, 0.1) is 6.61 Å². The van der Waals surface area contributed by atoms with Crippen molar-refractivity contribution in [3.63, 3.8) is 0 Å². The van der Waals surface area contributed by atoms with Crippen LogP contribution < -0.4 is 0 Å². The molecule has 0 aromatic rings. The van der Waals surface area contributed by atoms with Crippen molar-refractivity contribution in [3.05, 3.63) is 0 Å². The molecule has 0 saturated heterocycles. The zero-order valence-corrected chi connectivity index (χ0v) is 20.8. The number of carbonyl (C=O) groups excluding carboxylic acids is 2. The molecule has 2 atom stereocenters. The maximum absolute atomic E-state index is 12.0. The van der Waals surface area contributed by atoms with Gasteiger partial charge in [0.25, 0.3) is 0 Å². The van der Waals surface area contributed by atoms with Crippen molar-refractivity contribution in [2.24, 2.45) is 22.7 Å². The van der Waals surface area contributed by atoms with Crippen molar-refractivity contribution in [1.82, 2.24) is 4.90 Å². The lowest BCUT2D eigenvalue weighted by Crippen LogP contribution is -2.34. The van der Waals surface area contributed by atoms with Gasteiger partial charge in [-0.2, -0.15) is 0 Å². The van der Waals surface area contributed by atoms with E-state index in [9.17, 15) is 14.7 Å². The highest BCUT2D eigenvalue weighted by atomic mass is 16.5. The smallest absolute Gasteiger partial charge is 0.306 e. The predicted octanol–water partition coefficient (Wildman–Crippen LogP) is 4.29. The van der Waals surface area contributed by atoms with E-state index in [-0.39, 0.29) is 54.4 Å². The first-order valence-corrected chi connectivity index (χ1v) is 11.4. The fourth-order valence-electron chi connectivity index (χ4n) is 3.98. The number of hydrogen-bond acceptors (Lipinski definition) is 6. The molecule has 0 radical (unpaired) electrons. The summed E-state index contributed by atoms with van der Waals surface area (Å²) in [5.74, 6) is 0.196. The number of hydrogen-bond donors (Lipinski definition) is 1. The molecular weight excluding hydrogens is 382 g/mol. The summed E-state index contributed by atoms with van der Waals surface area (Å²) in [6.45, 7) is 19.2. The van der Waals surface area contributed by atoms with Crippen LogP contribution in [0.5, 0.6) is 0 Å². The first kappa shape index (κ1) is 28.9. The van der Waals surface area contributed by atoms with E-state index in [0.717, 1.165) is 12.8 Å². The van der Waals surface area contributed by atoms with Crippen LogP contribution in [0.15, 0.2) is 0 Å². The van der Waals surface area contributed by atoms with Crippen LogP contribution in [0.3, 0.4) is 0 Å². The highest BCUT2D eigenvalue weighted by Crippen LogP contribution is 2.26. The van der Waals surface area contributed by atoms with Crippen LogP contribution in [-0.4, -0.2) is 61.4 Å². The van der Waals surface area contributed by atoms with Gasteiger partial charge in [0.15, 0.2) is 0 Å². The summed E-state index contributed by atoms with van der Waals surface area (Å²) in [6, 6.07) is 0. The van der Waals surface area contributed by atoms with Gasteiger partial charge in [0.2, 0.25) is 0 Å². The van der Waals surface area contributed by atoms with Crippen LogP contribution in [-0.2, 0) is 19.1 Å². The molecule has 0 aliphatic heterocycles. The van der Waals surface area contributed by atoms with Gasteiger partial charge >= 0.3 is 11.9 Å². The molecule has 6 heteroatoms. The minimum atomic E-state index is -0.185. The SMILES string of the molecule is CC(CC(=O)OCCN(CCO)CCOC(=O)CC(C)CC(C)(C)C)CC(C)(C)C. The van der Waals surface area contributed by atoms with Gasteiger partial charge in [-0.05, 0) is 35.5 Å². The number of rotatable bonds is 14. The summed E-state index contributed by atoms with van der Waals surface area (Å²) in [6.07, 6.45) is 2.78. The lowest BCUT2D eigenvalue weighted by molar-refractivity contribution is -0.145. The van der Waals surface area contributed by atoms with Crippen molar-refractivity contribution in [2.75, 3.05) is 39.5 Å². The van der Waals surface area contributed by atoms with Crippen molar-refractivity contribution in [1.29, 1.82) is 0 Å². The van der Waals surface area contributed by atoms with Crippen molar-refractivity contribution in [2.45, 2.75) is 81.1 Å². The summed E-state index contributed by atoms with van der Waals surface area (Å²) in [7, 11) is 0. The number of aliphatic hydroxyl groups excluding tert-OH is 1. The molecule has 30 heavy (non-hydrogen) atoms. The van der Waals surface area contributed by atoms with Crippen molar-refractivity contribution in [3.8, 4) is 0 Å². The van der Waals surface area contributed by atoms with Gasteiger partial charge in [-0.3, -0.25) is 14.5 Å². The van der Waals surface area contributed by atoms with Crippen molar-refractivity contribution < 1.29 is 24.2 Å². The fraction of sp³-hybridized carbons (Fsp3) is 0.917. The summed E-state index contributed by atoms with van der Waals surface area (Å²) in [5, 5.41) is 9.25. The van der Waals surface area contributed by atoms with Crippen LogP contribution in [0.1, 0.15) is 81.1 Å². The van der Waals surface area contributed by atoms with E-state index in [0.29, 0.717) is 32.5 Å². The average molecular weight is 430 g/mol. The van der Waals surface area contributed by atoms with Crippen molar-refractivity contribution >= 4 is 11.9 Å². The molecule has 0 saturated carbocycles. The monoisotopic (exact) mass is 429 g/mol. The van der Waals surface area contributed by atoms with E-state index in [1.807, 2.05) is 4.90 Å². The number of aliphatic hydroxyl groups is 1. The average Bonchev–Trinajstić information content (AvgIpc) is 2.50. The molecule has 0 heterocycles. The molecule has 2 unspecified atom stereocenters. The second-order valence-electron chi connectivity index (χ2n) is 11.2. The lowest BCUT2D eigenvalue weighted by atomic mass is 9.84. The molecular formula is C24H47NO5. The van der Waals surface area contributed by atoms with E-state index in [4.69, 9.17) is 9.47 Å². The molecule has 0 bridgehead atoms. The standard InChI is InChI=1S/C24H47NO5/c1-19(17-23(3,4)5)15-21(27)29-13-10-25(9-12-26)11-14-30-22(28)16-20(2)18-24(6,7)8/h19-20,26H,9-18H2,1-8H3. The summed E-state index contributed by atoms with van der Waals surface area (Å²) in [4.78, 5) is 26.0. The maximum atomic E-state index is 12.0. The second kappa shape index (κ2) is 14.0. The lowest BCUT2D eigenvalue weighted by Gasteiger charge is -2.24. The number of esters is 2. The van der Waals surface area contributed by atoms with E-state index >= 15 is 0 Å². The molecule has 0 aromatic heterocycles. The molecule has 0 spiro atoms. The maximum Gasteiger partial charge on any atom is 0.306 e. The van der Waals surface area contributed by atoms with E-state index < -0.39 is 0 Å². The Balaban J connectivity index is 4.15. The summed E-state index contributed by atoms with van der Waals surface area (Å²) < 4.78 is 10.7. The summed E-state index contributed by atoms with van der Waals surface area (Å²) >= 11 is 0. The van der Waals surface area contributed by atoms with Crippen LogP contribution in [0.2, 0.25) is 0 Å². The first-order valence-electron chi connectivity index (χ1n) is 11.4. The second-order valence-corrected chi connectivity index (χ2v) is 11.2. The molecule has 0 amide bonds. The highest BCUT2D eigenvalue weighted by Gasteiger charge is 2.20. The Labute approximate surface area is 184 Å². The third-order valence-electron chi connectivity index (χ3n) is 4.71. The number of ether oxygens (including phenoxy) is 2. The molecule has 178 valence electrons. The predicted molar refractivity (Wildman–Crippen MR) is 121 cm³/mol. The van der Waals surface area contributed by atoms with Gasteiger partial charge in [0, 0.05) is 32.5 Å². The van der Waals surface area contributed by atoms with E-state index in [1.165, 1.54) is 0 Å². The van der Waals surface area contributed by atoms with Crippen LogP contribution in [0.4, 0.5) is 0 Å². The third kappa shape index (κ3) is 17.7. The Morgan fingerprint density at radius 3 is 1.43 bits per heavy atom. The molecule has 6 nitrogen and oxygen atoms in total. The normalized spacial score (nSPS) is 14.5. The topological polar surface area (TPSA) is 76.1 Å². The van der Waals surface area contributed by atoms with Gasteiger partial charge in [-0.25, -0.2) is 0 Å². The Morgan fingerprint density at radius 2 is 1.13 bits per heavy atom. The highest BCUT2D eigenvalue weighted by molar-refractivity contribution is 5.70. The van der Waals surface area contributed by atoms with Crippen LogP contribution in [0.25, 0.3) is 0 Å². The largest absolute Gasteiger partial charge is 0.464 e. The van der Waals surface area contributed by atoms with E-state index in [2.05, 4.69) is 55.4 Å². The van der Waals surface area contributed by atoms with Gasteiger partial charge < -0.3 is 14.6 Å². The minimum absolute atomic E-state index is 0.00707. The van der Waals surface area contributed by atoms with Gasteiger partial charge in [-0.15, -0.1) is 0 Å². The number of carbonyl (C=O) groups is 2. The quantitative estimate of drug-likeness (QED) is 0.415. The first-order chi connectivity index (χ1) is 13.7. The summed E-state index contributed by atoms with van der Waals surface area (Å²) in [5.41, 5.74) is 0.388. The Morgan fingerprint density at radius 1 is 0.767 bits per heavy atom. The zero-order valence-electron chi connectivity index (χ0n) is 20.8. The molecule has 0 aromatic carbocycles. The molecule has 0 aliphatic rings. The minimum Gasteiger partial charge on any atom is -0.464 e. The molecule has 1 N–H and O–H groups in total. The van der Waals surface area contributed by atoms with Gasteiger partial charge in [0.1, 0.15) is 13.2 Å². The zero-order chi connectivity index (χ0) is 23.4. The Hall–Kier alpha value is -1.14. The molecule has 0 aliphatic carbocycles. The third-order valence-corrected chi connectivity index (χ3v) is 4.71. The Bertz CT molecular complexity index is 451. The number of nitrogens with zero attached hydrogens (tertiary/aromatic N) is 1. The van der Waals surface area contributed by atoms with Crippen LogP contribution >= 0.6 is 0 Å². The van der Waals surface area contributed by atoms with E-state index in [1.54, 1.807) is 0 Å². The van der Waals surface area contributed by atoms with Crippen LogP contribution in [0, 0.1) is 22.7 Å². The molecule has 0 fully saturated rings.